The van der Waals surface area contributed by atoms with Gasteiger partial charge in [-0.05, 0) is 54.8 Å². The van der Waals surface area contributed by atoms with Gasteiger partial charge in [-0.2, -0.15) is 0 Å². The van der Waals surface area contributed by atoms with E-state index in [1.165, 1.54) is 12.1 Å². The van der Waals surface area contributed by atoms with Gasteiger partial charge in [-0.15, -0.1) is 0 Å². The van der Waals surface area contributed by atoms with Crippen molar-refractivity contribution in [1.82, 2.24) is 10.9 Å². The number of rotatable bonds is 3. The van der Waals surface area contributed by atoms with Gasteiger partial charge in [-0.1, -0.05) is 23.7 Å². The van der Waals surface area contributed by atoms with Crippen LogP contribution in [0.5, 0.6) is 0 Å². The van der Waals surface area contributed by atoms with E-state index in [-0.39, 0.29) is 23.8 Å². The molecule has 1 heterocycles. The maximum absolute atomic E-state index is 13.0. The summed E-state index contributed by atoms with van der Waals surface area (Å²) in [5.41, 5.74) is 8.62. The van der Waals surface area contributed by atoms with Gasteiger partial charge in [0, 0.05) is 16.8 Å². The van der Waals surface area contributed by atoms with Crippen LogP contribution in [-0.2, 0) is 4.79 Å². The van der Waals surface area contributed by atoms with Crippen molar-refractivity contribution in [2.75, 3.05) is 5.32 Å². The Kier molecular flexibility index (Phi) is 4.61. The van der Waals surface area contributed by atoms with Crippen LogP contribution in [0.15, 0.2) is 42.5 Å². The molecule has 1 fully saturated rings. The molecular weight excluding hydrogens is 317 g/mol. The Morgan fingerprint density at radius 3 is 2.65 bits per heavy atom. The molecule has 6 heteroatoms. The molecule has 0 aliphatic carbocycles. The molecule has 3 rings (SSSR count). The normalized spacial score (nSPS) is 20.5. The van der Waals surface area contributed by atoms with Crippen LogP contribution in [0, 0.1) is 12.7 Å². The zero-order chi connectivity index (χ0) is 16.4. The molecule has 1 amide bonds. The first-order valence-electron chi connectivity index (χ1n) is 7.36. The topological polar surface area (TPSA) is 53.2 Å². The van der Waals surface area contributed by atoms with Crippen molar-refractivity contribution in [1.29, 1.82) is 0 Å². The summed E-state index contributed by atoms with van der Waals surface area (Å²) in [5.74, 6) is -0.393. The fourth-order valence-electron chi connectivity index (χ4n) is 2.59. The SMILES string of the molecule is Cc1cc(NC(=O)C2CC(c3ccc(F)cc3)NN2)ccc1Cl. The number of halogens is 2. The highest BCUT2D eigenvalue weighted by Gasteiger charge is 2.30. The van der Waals surface area contributed by atoms with Gasteiger partial charge in [-0.3, -0.25) is 4.79 Å². The molecule has 2 unspecified atom stereocenters. The van der Waals surface area contributed by atoms with Gasteiger partial charge in [0.2, 0.25) is 5.91 Å². The van der Waals surface area contributed by atoms with E-state index in [1.807, 2.05) is 13.0 Å². The van der Waals surface area contributed by atoms with Crippen molar-refractivity contribution in [2.24, 2.45) is 0 Å². The summed E-state index contributed by atoms with van der Waals surface area (Å²) in [7, 11) is 0. The quantitative estimate of drug-likeness (QED) is 0.807. The van der Waals surface area contributed by atoms with Crippen LogP contribution in [0.25, 0.3) is 0 Å². The number of benzene rings is 2. The second-order valence-corrected chi connectivity index (χ2v) is 6.04. The maximum Gasteiger partial charge on any atom is 0.242 e. The Morgan fingerprint density at radius 2 is 1.96 bits per heavy atom. The van der Waals surface area contributed by atoms with Crippen molar-refractivity contribution in [2.45, 2.75) is 25.4 Å². The molecule has 2 aromatic rings. The van der Waals surface area contributed by atoms with E-state index in [2.05, 4.69) is 16.2 Å². The van der Waals surface area contributed by atoms with Gasteiger partial charge in [-0.25, -0.2) is 15.2 Å². The highest BCUT2D eigenvalue weighted by Crippen LogP contribution is 2.24. The van der Waals surface area contributed by atoms with Gasteiger partial charge in [0.05, 0.1) is 0 Å². The Bertz CT molecular complexity index is 720. The fourth-order valence-corrected chi connectivity index (χ4v) is 2.71. The zero-order valence-electron chi connectivity index (χ0n) is 12.6. The minimum Gasteiger partial charge on any atom is -0.325 e. The Hall–Kier alpha value is -1.95. The lowest BCUT2D eigenvalue weighted by Gasteiger charge is -2.11. The van der Waals surface area contributed by atoms with Crippen molar-refractivity contribution >= 4 is 23.2 Å². The smallest absolute Gasteiger partial charge is 0.242 e. The molecule has 0 aromatic heterocycles. The number of amides is 1. The third-order valence-corrected chi connectivity index (χ3v) is 4.34. The van der Waals surface area contributed by atoms with E-state index in [1.54, 1.807) is 24.3 Å². The number of carbonyl (C=O) groups excluding carboxylic acids is 1. The average molecular weight is 334 g/mol. The van der Waals surface area contributed by atoms with E-state index in [9.17, 15) is 9.18 Å². The maximum atomic E-state index is 13.0. The molecule has 2 aromatic carbocycles. The summed E-state index contributed by atoms with van der Waals surface area (Å²) in [6.07, 6.45) is 0.587. The molecule has 1 aliphatic heterocycles. The van der Waals surface area contributed by atoms with Crippen LogP contribution in [0.2, 0.25) is 5.02 Å². The summed E-state index contributed by atoms with van der Waals surface area (Å²) in [4.78, 5) is 12.3. The molecule has 3 N–H and O–H groups in total. The fraction of sp³-hybridized carbons (Fsp3) is 0.235. The van der Waals surface area contributed by atoms with Crippen molar-refractivity contribution < 1.29 is 9.18 Å². The average Bonchev–Trinajstić information content (AvgIpc) is 3.02. The predicted molar refractivity (Wildman–Crippen MR) is 88.6 cm³/mol. The van der Waals surface area contributed by atoms with Crippen molar-refractivity contribution in [3.05, 3.63) is 64.4 Å². The number of nitrogens with one attached hydrogen (secondary N) is 3. The molecule has 1 saturated heterocycles. The lowest BCUT2D eigenvalue weighted by molar-refractivity contribution is -0.117. The number of hydrazine groups is 1. The lowest BCUT2D eigenvalue weighted by atomic mass is 10.0. The van der Waals surface area contributed by atoms with E-state index in [4.69, 9.17) is 11.6 Å². The largest absolute Gasteiger partial charge is 0.325 e. The third kappa shape index (κ3) is 3.69. The monoisotopic (exact) mass is 333 g/mol. The first-order chi connectivity index (χ1) is 11.0. The number of hydrogen-bond acceptors (Lipinski definition) is 3. The summed E-state index contributed by atoms with van der Waals surface area (Å²) in [6.45, 7) is 1.89. The number of aryl methyl sites for hydroxylation is 1. The second kappa shape index (κ2) is 6.66. The van der Waals surface area contributed by atoms with E-state index >= 15 is 0 Å². The molecule has 0 saturated carbocycles. The van der Waals surface area contributed by atoms with E-state index in [0.29, 0.717) is 17.1 Å². The highest BCUT2D eigenvalue weighted by atomic mass is 35.5. The number of carbonyl (C=O) groups is 1. The summed E-state index contributed by atoms with van der Waals surface area (Å²) >= 11 is 5.98. The Morgan fingerprint density at radius 1 is 1.22 bits per heavy atom. The Balaban J connectivity index is 1.63. The number of hydrogen-bond donors (Lipinski definition) is 3. The number of anilines is 1. The molecule has 1 aliphatic rings. The second-order valence-electron chi connectivity index (χ2n) is 5.63. The molecule has 0 bridgehead atoms. The van der Waals surface area contributed by atoms with Crippen molar-refractivity contribution in [3.8, 4) is 0 Å². The third-order valence-electron chi connectivity index (χ3n) is 3.92. The Labute approximate surface area is 139 Å². The molecule has 23 heavy (non-hydrogen) atoms. The predicted octanol–water partition coefficient (Wildman–Crippen LogP) is 3.33. The van der Waals surface area contributed by atoms with Gasteiger partial charge < -0.3 is 5.32 Å². The van der Waals surface area contributed by atoms with Crippen LogP contribution in [0.4, 0.5) is 10.1 Å². The van der Waals surface area contributed by atoms with E-state index < -0.39 is 0 Å². The van der Waals surface area contributed by atoms with Crippen molar-refractivity contribution in [3.63, 3.8) is 0 Å². The van der Waals surface area contributed by atoms with E-state index in [0.717, 1.165) is 11.1 Å². The van der Waals surface area contributed by atoms with Crippen LogP contribution in [-0.4, -0.2) is 11.9 Å². The van der Waals surface area contributed by atoms with Gasteiger partial charge in [0.1, 0.15) is 11.9 Å². The first kappa shape index (κ1) is 15.9. The van der Waals surface area contributed by atoms with Crippen LogP contribution >= 0.6 is 11.6 Å². The summed E-state index contributed by atoms with van der Waals surface area (Å²) < 4.78 is 13.0. The molecule has 120 valence electrons. The molecule has 0 spiro atoms. The van der Waals surface area contributed by atoms with Crippen LogP contribution in [0.1, 0.15) is 23.6 Å². The minimum absolute atomic E-state index is 0.0293. The summed E-state index contributed by atoms with van der Waals surface area (Å²) in [6, 6.07) is 11.2. The molecular formula is C17H17ClFN3O. The summed E-state index contributed by atoms with van der Waals surface area (Å²) in [5, 5.41) is 3.54. The highest BCUT2D eigenvalue weighted by molar-refractivity contribution is 6.31. The van der Waals surface area contributed by atoms with Gasteiger partial charge in [0.15, 0.2) is 0 Å². The zero-order valence-corrected chi connectivity index (χ0v) is 13.3. The molecule has 2 atom stereocenters. The first-order valence-corrected chi connectivity index (χ1v) is 7.74. The van der Waals surface area contributed by atoms with Gasteiger partial charge >= 0.3 is 0 Å². The standard InChI is InChI=1S/C17H17ClFN3O/c1-10-8-13(6-7-14(10)18)20-17(23)16-9-15(21-22-16)11-2-4-12(19)5-3-11/h2-8,15-16,21-22H,9H2,1H3,(H,20,23). The van der Waals surface area contributed by atoms with Gasteiger partial charge in [0.25, 0.3) is 0 Å². The van der Waals surface area contributed by atoms with Crippen LogP contribution in [0.3, 0.4) is 0 Å². The minimum atomic E-state index is -0.360. The van der Waals surface area contributed by atoms with Crippen LogP contribution < -0.4 is 16.2 Å². The lowest BCUT2D eigenvalue weighted by Crippen LogP contribution is -2.39. The molecule has 0 radical (unpaired) electrons. The molecule has 4 nitrogen and oxygen atoms in total.